The summed E-state index contributed by atoms with van der Waals surface area (Å²) in [7, 11) is 0. The first-order valence-corrected chi connectivity index (χ1v) is 5.88. The van der Waals surface area contributed by atoms with Crippen LogP contribution in [0.25, 0.3) is 0 Å². The highest BCUT2D eigenvalue weighted by Crippen LogP contribution is 2.30. The number of hydrogen-bond donors (Lipinski definition) is 1. The van der Waals surface area contributed by atoms with Crippen molar-refractivity contribution in [1.29, 1.82) is 0 Å². The van der Waals surface area contributed by atoms with Crippen molar-refractivity contribution >= 4 is 43.5 Å². The predicted molar refractivity (Wildman–Crippen MR) is 65.5 cm³/mol. The Labute approximate surface area is 100 Å². The van der Waals surface area contributed by atoms with Crippen molar-refractivity contribution < 1.29 is 4.79 Å². The zero-order valence-corrected chi connectivity index (χ0v) is 11.2. The molecule has 0 spiro atoms. The third kappa shape index (κ3) is 2.82. The van der Waals surface area contributed by atoms with Crippen molar-refractivity contribution in [2.24, 2.45) is 0 Å². The molecular weight excluding hydrogens is 310 g/mol. The molecule has 1 amide bonds. The monoisotopic (exact) mass is 319 g/mol. The zero-order chi connectivity index (χ0) is 10.7. The van der Waals surface area contributed by atoms with Gasteiger partial charge in [-0.2, -0.15) is 0 Å². The lowest BCUT2D eigenvalue weighted by molar-refractivity contribution is -0.115. The van der Waals surface area contributed by atoms with Gasteiger partial charge < -0.3 is 5.32 Å². The number of halogens is 2. The van der Waals surface area contributed by atoms with Crippen molar-refractivity contribution in [1.82, 2.24) is 0 Å². The van der Waals surface area contributed by atoms with Crippen LogP contribution < -0.4 is 5.32 Å². The fourth-order valence-corrected chi connectivity index (χ4v) is 2.63. The lowest BCUT2D eigenvalue weighted by Crippen LogP contribution is -2.11. The van der Waals surface area contributed by atoms with E-state index >= 15 is 0 Å². The lowest BCUT2D eigenvalue weighted by atomic mass is 10.2. The number of nitrogens with one attached hydrogen (secondary N) is 1. The molecule has 2 nitrogen and oxygen atoms in total. The molecule has 0 aliphatic heterocycles. The van der Waals surface area contributed by atoms with Crippen LogP contribution in [0.4, 0.5) is 5.69 Å². The molecule has 0 saturated heterocycles. The fourth-order valence-electron chi connectivity index (χ4n) is 1.09. The molecule has 0 saturated carbocycles. The molecular formula is C10H11Br2NO. The normalized spacial score (nSPS) is 10.0. The fraction of sp³-hybridized carbons (Fsp3) is 0.300. The number of carbonyl (C=O) groups is 1. The quantitative estimate of drug-likeness (QED) is 0.880. The highest BCUT2D eigenvalue weighted by atomic mass is 79.9. The van der Waals surface area contributed by atoms with Gasteiger partial charge >= 0.3 is 0 Å². The third-order valence-corrected chi connectivity index (χ3v) is 2.92. The average Bonchev–Trinajstić information content (AvgIpc) is 2.10. The van der Waals surface area contributed by atoms with Crippen LogP contribution in [0.2, 0.25) is 0 Å². The average molecular weight is 321 g/mol. The van der Waals surface area contributed by atoms with Crippen molar-refractivity contribution in [3.05, 3.63) is 26.6 Å². The van der Waals surface area contributed by atoms with E-state index in [0.717, 1.165) is 20.2 Å². The van der Waals surface area contributed by atoms with Gasteiger partial charge in [0.25, 0.3) is 0 Å². The Balaban J connectivity index is 3.02. The SMILES string of the molecule is CCC(=O)Nc1c(C)cc(Br)cc1Br. The molecule has 1 aromatic rings. The van der Waals surface area contributed by atoms with Gasteiger partial charge in [-0.05, 0) is 40.5 Å². The molecule has 1 rings (SSSR count). The summed E-state index contributed by atoms with van der Waals surface area (Å²) in [5.41, 5.74) is 1.88. The maximum atomic E-state index is 11.2. The molecule has 0 bridgehead atoms. The summed E-state index contributed by atoms with van der Waals surface area (Å²) in [6.07, 6.45) is 0.488. The van der Waals surface area contributed by atoms with Crippen LogP contribution in [-0.4, -0.2) is 5.91 Å². The number of rotatable bonds is 2. The van der Waals surface area contributed by atoms with Crippen molar-refractivity contribution in [3.63, 3.8) is 0 Å². The molecule has 0 aliphatic rings. The Morgan fingerprint density at radius 2 is 2.07 bits per heavy atom. The Morgan fingerprint density at radius 3 is 2.57 bits per heavy atom. The summed E-state index contributed by atoms with van der Waals surface area (Å²) in [6, 6.07) is 3.88. The molecule has 1 aromatic carbocycles. The molecule has 0 radical (unpaired) electrons. The highest BCUT2D eigenvalue weighted by molar-refractivity contribution is 9.11. The summed E-state index contributed by atoms with van der Waals surface area (Å²) >= 11 is 6.80. The minimum Gasteiger partial charge on any atom is -0.325 e. The van der Waals surface area contributed by atoms with Gasteiger partial charge in [0.15, 0.2) is 0 Å². The van der Waals surface area contributed by atoms with E-state index in [9.17, 15) is 4.79 Å². The third-order valence-electron chi connectivity index (χ3n) is 1.84. The molecule has 4 heteroatoms. The van der Waals surface area contributed by atoms with Crippen molar-refractivity contribution in [3.8, 4) is 0 Å². The Kier molecular flexibility index (Phi) is 4.13. The highest BCUT2D eigenvalue weighted by Gasteiger charge is 2.07. The second kappa shape index (κ2) is 4.94. The van der Waals surface area contributed by atoms with Gasteiger partial charge in [-0.3, -0.25) is 4.79 Å². The summed E-state index contributed by atoms with van der Waals surface area (Å²) < 4.78 is 1.89. The number of hydrogen-bond acceptors (Lipinski definition) is 1. The van der Waals surface area contributed by atoms with E-state index in [1.807, 2.05) is 26.0 Å². The summed E-state index contributed by atoms with van der Waals surface area (Å²) in [4.78, 5) is 11.2. The largest absolute Gasteiger partial charge is 0.325 e. The van der Waals surface area contributed by atoms with E-state index < -0.39 is 0 Å². The summed E-state index contributed by atoms with van der Waals surface area (Å²) in [5.74, 6) is 0.0242. The first-order valence-electron chi connectivity index (χ1n) is 4.30. The van der Waals surface area contributed by atoms with Crippen LogP contribution in [0.5, 0.6) is 0 Å². The second-order valence-corrected chi connectivity index (χ2v) is 4.75. The van der Waals surface area contributed by atoms with E-state index in [2.05, 4.69) is 37.2 Å². The van der Waals surface area contributed by atoms with Crippen molar-refractivity contribution in [2.75, 3.05) is 5.32 Å². The van der Waals surface area contributed by atoms with E-state index in [1.165, 1.54) is 0 Å². The second-order valence-electron chi connectivity index (χ2n) is 2.98. The van der Waals surface area contributed by atoms with Crippen LogP contribution >= 0.6 is 31.9 Å². The molecule has 1 N–H and O–H groups in total. The van der Waals surface area contributed by atoms with Gasteiger partial charge in [0.05, 0.1) is 5.69 Å². The first kappa shape index (κ1) is 11.7. The van der Waals surface area contributed by atoms with Crippen molar-refractivity contribution in [2.45, 2.75) is 20.3 Å². The molecule has 0 atom stereocenters. The smallest absolute Gasteiger partial charge is 0.224 e. The molecule has 0 aromatic heterocycles. The Bertz CT molecular complexity index is 340. The zero-order valence-electron chi connectivity index (χ0n) is 8.03. The molecule has 0 unspecified atom stereocenters. The molecule has 0 aliphatic carbocycles. The van der Waals surface area contributed by atoms with E-state index in [-0.39, 0.29) is 5.91 Å². The summed E-state index contributed by atoms with van der Waals surface area (Å²) in [6.45, 7) is 3.79. The predicted octanol–water partition coefficient (Wildman–Crippen LogP) is 3.87. The van der Waals surface area contributed by atoms with Gasteiger partial charge in [-0.1, -0.05) is 22.9 Å². The molecule has 0 heterocycles. The van der Waals surface area contributed by atoms with Gasteiger partial charge in [0.2, 0.25) is 5.91 Å². The first-order chi connectivity index (χ1) is 6.54. The number of benzene rings is 1. The number of amides is 1. The van der Waals surface area contributed by atoms with Gasteiger partial charge in [-0.25, -0.2) is 0 Å². The molecule has 76 valence electrons. The van der Waals surface area contributed by atoms with Crippen LogP contribution in [0.1, 0.15) is 18.9 Å². The van der Waals surface area contributed by atoms with Crippen LogP contribution in [-0.2, 0) is 4.79 Å². The molecule has 0 fully saturated rings. The van der Waals surface area contributed by atoms with Gasteiger partial charge in [-0.15, -0.1) is 0 Å². The maximum Gasteiger partial charge on any atom is 0.224 e. The van der Waals surface area contributed by atoms with Crippen LogP contribution in [0, 0.1) is 6.92 Å². The Morgan fingerprint density at radius 1 is 1.43 bits per heavy atom. The van der Waals surface area contributed by atoms with E-state index in [0.29, 0.717) is 6.42 Å². The van der Waals surface area contributed by atoms with E-state index in [4.69, 9.17) is 0 Å². The maximum absolute atomic E-state index is 11.2. The van der Waals surface area contributed by atoms with Gasteiger partial charge in [0, 0.05) is 15.4 Å². The summed E-state index contributed by atoms with van der Waals surface area (Å²) in [5, 5.41) is 2.85. The van der Waals surface area contributed by atoms with E-state index in [1.54, 1.807) is 0 Å². The molecule has 14 heavy (non-hydrogen) atoms. The topological polar surface area (TPSA) is 29.1 Å². The number of anilines is 1. The Hall–Kier alpha value is -0.350. The number of carbonyl (C=O) groups excluding carboxylic acids is 1. The lowest BCUT2D eigenvalue weighted by Gasteiger charge is -2.10. The minimum absolute atomic E-state index is 0.0242. The van der Waals surface area contributed by atoms with Crippen LogP contribution in [0.3, 0.4) is 0 Å². The standard InChI is InChI=1S/C10H11Br2NO/c1-3-9(14)13-10-6(2)4-7(11)5-8(10)12/h4-5H,3H2,1-2H3,(H,13,14). The van der Waals surface area contributed by atoms with Crippen LogP contribution in [0.15, 0.2) is 21.1 Å². The number of aryl methyl sites for hydroxylation is 1. The minimum atomic E-state index is 0.0242. The van der Waals surface area contributed by atoms with Gasteiger partial charge in [0.1, 0.15) is 0 Å².